The molecule has 0 saturated heterocycles. The van der Waals surface area contributed by atoms with Gasteiger partial charge in [-0.1, -0.05) is 32.4 Å². The van der Waals surface area contributed by atoms with Crippen LogP contribution in [0, 0.1) is 11.3 Å². The Morgan fingerprint density at radius 3 is 2.65 bits per heavy atom. The summed E-state index contributed by atoms with van der Waals surface area (Å²) in [5.41, 5.74) is 6.13. The Morgan fingerprint density at radius 2 is 2.10 bits per heavy atom. The molecule has 1 aromatic rings. The van der Waals surface area contributed by atoms with Crippen molar-refractivity contribution in [3.63, 3.8) is 0 Å². The van der Waals surface area contributed by atoms with E-state index in [0.29, 0.717) is 19.1 Å². The number of carbonyl (C=O) groups excluding carboxylic acids is 1. The molecule has 0 aromatic heterocycles. The summed E-state index contributed by atoms with van der Waals surface area (Å²) in [6.45, 7) is 5.24. The maximum absolute atomic E-state index is 12.4. The molecule has 0 bridgehead atoms. The first-order chi connectivity index (χ1) is 9.57. The fourth-order valence-corrected chi connectivity index (χ4v) is 2.33. The van der Waals surface area contributed by atoms with E-state index >= 15 is 0 Å². The third-order valence-corrected chi connectivity index (χ3v) is 3.89. The Labute approximate surface area is 120 Å². The predicted octanol–water partition coefficient (Wildman–Crippen LogP) is 2.79. The number of nitrogens with two attached hydrogens (primary N) is 1. The number of hydrogen-bond donors (Lipinski definition) is 2. The highest BCUT2D eigenvalue weighted by Crippen LogP contribution is 2.41. The number of anilines is 1. The summed E-state index contributed by atoms with van der Waals surface area (Å²) in [7, 11) is 0. The van der Waals surface area contributed by atoms with Crippen LogP contribution in [0.1, 0.15) is 33.1 Å². The highest BCUT2D eigenvalue weighted by Gasteiger charge is 2.42. The summed E-state index contributed by atoms with van der Waals surface area (Å²) in [5, 5.41) is 2.98. The molecule has 0 heterocycles. The van der Waals surface area contributed by atoms with Gasteiger partial charge in [-0.3, -0.25) is 4.79 Å². The van der Waals surface area contributed by atoms with Crippen LogP contribution in [0.25, 0.3) is 0 Å². The first kappa shape index (κ1) is 14.9. The van der Waals surface area contributed by atoms with Crippen molar-refractivity contribution in [1.82, 2.24) is 0 Å². The lowest BCUT2D eigenvalue weighted by Crippen LogP contribution is -2.47. The zero-order chi connectivity index (χ0) is 14.6. The minimum atomic E-state index is -0.370. The van der Waals surface area contributed by atoms with Crippen LogP contribution < -0.4 is 15.8 Å². The molecule has 0 unspecified atom stereocenters. The molecule has 4 heteroatoms. The van der Waals surface area contributed by atoms with E-state index in [2.05, 4.69) is 19.2 Å². The van der Waals surface area contributed by atoms with Crippen molar-refractivity contribution >= 4 is 11.6 Å². The van der Waals surface area contributed by atoms with Crippen LogP contribution in [0.2, 0.25) is 0 Å². The lowest BCUT2D eigenvalue weighted by molar-refractivity contribution is -0.129. The first-order valence-corrected chi connectivity index (χ1v) is 7.31. The second kappa shape index (κ2) is 6.27. The van der Waals surface area contributed by atoms with Crippen molar-refractivity contribution in [2.75, 3.05) is 18.5 Å². The fraction of sp³-hybridized carbons (Fsp3) is 0.562. The molecular formula is C16H24N2O2. The SMILES string of the molecule is CC(C)COc1ccccc1NC(=O)C1(CN)CCC1. The largest absolute Gasteiger partial charge is 0.491 e. The van der Waals surface area contributed by atoms with Crippen molar-refractivity contribution in [3.8, 4) is 5.75 Å². The molecule has 0 radical (unpaired) electrons. The molecule has 1 aliphatic carbocycles. The van der Waals surface area contributed by atoms with E-state index in [0.717, 1.165) is 30.7 Å². The summed E-state index contributed by atoms with van der Waals surface area (Å²) >= 11 is 0. The smallest absolute Gasteiger partial charge is 0.231 e. The normalized spacial score (nSPS) is 16.6. The molecule has 2 rings (SSSR count). The van der Waals surface area contributed by atoms with Crippen LogP contribution in [0.4, 0.5) is 5.69 Å². The minimum absolute atomic E-state index is 0.0202. The van der Waals surface area contributed by atoms with Crippen LogP contribution in [0.5, 0.6) is 5.75 Å². The number of carbonyl (C=O) groups is 1. The Kier molecular flexibility index (Phi) is 4.65. The van der Waals surface area contributed by atoms with E-state index in [-0.39, 0.29) is 11.3 Å². The van der Waals surface area contributed by atoms with Crippen LogP contribution in [-0.4, -0.2) is 19.1 Å². The molecule has 0 aliphatic heterocycles. The maximum atomic E-state index is 12.4. The summed E-state index contributed by atoms with van der Waals surface area (Å²) < 4.78 is 5.75. The molecule has 1 amide bonds. The van der Waals surface area contributed by atoms with Crippen molar-refractivity contribution in [2.24, 2.45) is 17.1 Å². The molecular weight excluding hydrogens is 252 g/mol. The molecule has 0 atom stereocenters. The molecule has 110 valence electrons. The number of ether oxygens (including phenoxy) is 1. The molecule has 1 aromatic carbocycles. The second-order valence-corrected chi connectivity index (χ2v) is 5.99. The topological polar surface area (TPSA) is 64.3 Å². The van der Waals surface area contributed by atoms with Gasteiger partial charge in [0, 0.05) is 6.54 Å². The average Bonchev–Trinajstić information content (AvgIpc) is 2.37. The van der Waals surface area contributed by atoms with Gasteiger partial charge < -0.3 is 15.8 Å². The van der Waals surface area contributed by atoms with E-state index in [1.54, 1.807) is 0 Å². The number of benzene rings is 1. The van der Waals surface area contributed by atoms with Gasteiger partial charge in [0.15, 0.2) is 0 Å². The van der Waals surface area contributed by atoms with Gasteiger partial charge in [0.25, 0.3) is 0 Å². The predicted molar refractivity (Wildman–Crippen MR) is 80.7 cm³/mol. The standard InChI is InChI=1S/C16H24N2O2/c1-12(2)10-20-14-7-4-3-6-13(14)18-15(19)16(11-17)8-5-9-16/h3-4,6-7,12H,5,8-11,17H2,1-2H3,(H,18,19). The molecule has 1 fully saturated rings. The second-order valence-electron chi connectivity index (χ2n) is 5.99. The van der Waals surface area contributed by atoms with E-state index in [1.807, 2.05) is 24.3 Å². The van der Waals surface area contributed by atoms with E-state index < -0.39 is 0 Å². The summed E-state index contributed by atoms with van der Waals surface area (Å²) in [6, 6.07) is 7.56. The Bertz CT molecular complexity index is 462. The molecule has 0 spiro atoms. The van der Waals surface area contributed by atoms with Gasteiger partial charge in [-0.2, -0.15) is 0 Å². The summed E-state index contributed by atoms with van der Waals surface area (Å²) in [6.07, 6.45) is 2.84. The van der Waals surface area contributed by atoms with Gasteiger partial charge in [-0.25, -0.2) is 0 Å². The highest BCUT2D eigenvalue weighted by atomic mass is 16.5. The molecule has 1 aliphatic rings. The van der Waals surface area contributed by atoms with Crippen molar-refractivity contribution < 1.29 is 9.53 Å². The number of hydrogen-bond acceptors (Lipinski definition) is 3. The van der Waals surface area contributed by atoms with Gasteiger partial charge >= 0.3 is 0 Å². The maximum Gasteiger partial charge on any atom is 0.231 e. The molecule has 20 heavy (non-hydrogen) atoms. The Morgan fingerprint density at radius 1 is 1.40 bits per heavy atom. The number of amides is 1. The molecule has 1 saturated carbocycles. The van der Waals surface area contributed by atoms with E-state index in [4.69, 9.17) is 10.5 Å². The minimum Gasteiger partial charge on any atom is -0.491 e. The fourth-order valence-electron chi connectivity index (χ4n) is 2.33. The Balaban J connectivity index is 2.07. The van der Waals surface area contributed by atoms with E-state index in [1.165, 1.54) is 0 Å². The van der Waals surface area contributed by atoms with Gasteiger partial charge in [-0.15, -0.1) is 0 Å². The van der Waals surface area contributed by atoms with Crippen LogP contribution in [0.3, 0.4) is 0 Å². The average molecular weight is 276 g/mol. The van der Waals surface area contributed by atoms with Crippen molar-refractivity contribution in [3.05, 3.63) is 24.3 Å². The number of para-hydroxylation sites is 2. The van der Waals surface area contributed by atoms with Gasteiger partial charge in [-0.05, 0) is 30.9 Å². The van der Waals surface area contributed by atoms with Crippen LogP contribution >= 0.6 is 0 Å². The zero-order valence-electron chi connectivity index (χ0n) is 12.3. The monoisotopic (exact) mass is 276 g/mol. The van der Waals surface area contributed by atoms with E-state index in [9.17, 15) is 4.79 Å². The summed E-state index contributed by atoms with van der Waals surface area (Å²) in [4.78, 5) is 12.4. The number of rotatable bonds is 6. The third-order valence-electron chi connectivity index (χ3n) is 3.89. The van der Waals surface area contributed by atoms with Gasteiger partial charge in [0.2, 0.25) is 5.91 Å². The number of nitrogens with one attached hydrogen (secondary N) is 1. The van der Waals surface area contributed by atoms with Gasteiger partial charge in [0.05, 0.1) is 17.7 Å². The highest BCUT2D eigenvalue weighted by molar-refractivity contribution is 5.97. The first-order valence-electron chi connectivity index (χ1n) is 7.31. The molecule has 4 nitrogen and oxygen atoms in total. The quantitative estimate of drug-likeness (QED) is 0.839. The summed E-state index contributed by atoms with van der Waals surface area (Å²) in [5.74, 6) is 1.19. The van der Waals surface area contributed by atoms with Crippen LogP contribution in [-0.2, 0) is 4.79 Å². The van der Waals surface area contributed by atoms with Crippen molar-refractivity contribution in [1.29, 1.82) is 0 Å². The Hall–Kier alpha value is -1.55. The van der Waals surface area contributed by atoms with Crippen LogP contribution in [0.15, 0.2) is 24.3 Å². The zero-order valence-corrected chi connectivity index (χ0v) is 12.3. The third kappa shape index (κ3) is 3.12. The lowest BCUT2D eigenvalue weighted by atomic mass is 9.68. The molecule has 3 N–H and O–H groups in total. The lowest BCUT2D eigenvalue weighted by Gasteiger charge is -2.39. The van der Waals surface area contributed by atoms with Crippen molar-refractivity contribution in [2.45, 2.75) is 33.1 Å². The van der Waals surface area contributed by atoms with Gasteiger partial charge in [0.1, 0.15) is 5.75 Å².